The fourth-order valence-electron chi connectivity index (χ4n) is 1.46. The van der Waals surface area contributed by atoms with Gasteiger partial charge in [-0.3, -0.25) is 0 Å². The first-order chi connectivity index (χ1) is 7.65. The van der Waals surface area contributed by atoms with Gasteiger partial charge in [0.2, 0.25) is 0 Å². The van der Waals surface area contributed by atoms with E-state index in [1.165, 1.54) is 6.07 Å². The van der Waals surface area contributed by atoms with E-state index in [0.29, 0.717) is 18.4 Å². The molecule has 0 heterocycles. The average molecular weight is 231 g/mol. The van der Waals surface area contributed by atoms with Gasteiger partial charge in [0.05, 0.1) is 0 Å². The maximum absolute atomic E-state index is 12.1. The van der Waals surface area contributed by atoms with E-state index >= 15 is 0 Å². The molecule has 1 atom stereocenters. The number of rotatable bonds is 6. The number of halogens is 2. The van der Waals surface area contributed by atoms with Crippen LogP contribution in [0.4, 0.5) is 8.78 Å². The number of para-hydroxylation sites is 1. The summed E-state index contributed by atoms with van der Waals surface area (Å²) >= 11 is 0. The van der Waals surface area contributed by atoms with Gasteiger partial charge in [-0.25, -0.2) is 0 Å². The number of ether oxygens (including phenoxy) is 1. The van der Waals surface area contributed by atoms with Crippen LogP contribution < -0.4 is 10.5 Å². The van der Waals surface area contributed by atoms with E-state index < -0.39 is 12.7 Å². The molecule has 0 saturated carbocycles. The van der Waals surface area contributed by atoms with Crippen molar-refractivity contribution in [2.45, 2.75) is 25.5 Å². The number of aliphatic hydroxyl groups excluding tert-OH is 1. The van der Waals surface area contributed by atoms with Crippen molar-refractivity contribution < 1.29 is 18.6 Å². The first-order valence-electron chi connectivity index (χ1n) is 5.05. The molecule has 0 saturated heterocycles. The molecule has 0 unspecified atom stereocenters. The molecule has 1 rings (SSSR count). The lowest BCUT2D eigenvalue weighted by atomic mass is 10.0. The summed E-state index contributed by atoms with van der Waals surface area (Å²) in [5.74, 6) is 0.0999. The molecule has 1 aromatic carbocycles. The van der Waals surface area contributed by atoms with Crippen LogP contribution in [0.2, 0.25) is 0 Å². The summed E-state index contributed by atoms with van der Waals surface area (Å²) in [5.41, 5.74) is 6.36. The van der Waals surface area contributed by atoms with Gasteiger partial charge in [0.15, 0.2) is 0 Å². The fraction of sp³-hybridized carbons (Fsp3) is 0.455. The second kappa shape index (κ2) is 6.40. The fourth-order valence-corrected chi connectivity index (χ4v) is 1.46. The topological polar surface area (TPSA) is 55.5 Å². The maximum atomic E-state index is 12.1. The minimum absolute atomic E-state index is 0.0333. The minimum atomic E-state index is -2.86. The van der Waals surface area contributed by atoms with E-state index in [1.54, 1.807) is 18.2 Å². The van der Waals surface area contributed by atoms with Gasteiger partial charge in [-0.05, 0) is 18.9 Å². The summed E-state index contributed by atoms with van der Waals surface area (Å²) in [6, 6.07) is 6.04. The van der Waals surface area contributed by atoms with Crippen LogP contribution in [-0.4, -0.2) is 18.3 Å². The van der Waals surface area contributed by atoms with Crippen LogP contribution in [0.1, 0.15) is 24.4 Å². The molecule has 0 aliphatic carbocycles. The second-order valence-electron chi connectivity index (χ2n) is 3.39. The Kier molecular flexibility index (Phi) is 5.14. The molecule has 1 aromatic rings. The highest BCUT2D eigenvalue weighted by molar-refractivity contribution is 5.35. The largest absolute Gasteiger partial charge is 0.434 e. The number of aliphatic hydroxyl groups is 1. The quantitative estimate of drug-likeness (QED) is 0.787. The molecule has 0 aliphatic heterocycles. The molecule has 3 N–H and O–H groups in total. The number of hydrogen-bond donors (Lipinski definition) is 2. The Hall–Kier alpha value is -1.20. The van der Waals surface area contributed by atoms with Crippen LogP contribution in [0.25, 0.3) is 0 Å². The van der Waals surface area contributed by atoms with Crippen LogP contribution in [0, 0.1) is 0 Å². The minimum Gasteiger partial charge on any atom is -0.434 e. The molecule has 0 aliphatic rings. The number of benzene rings is 1. The van der Waals surface area contributed by atoms with Crippen LogP contribution in [0.5, 0.6) is 5.75 Å². The Labute approximate surface area is 92.8 Å². The van der Waals surface area contributed by atoms with Crippen LogP contribution in [0.15, 0.2) is 24.3 Å². The smallest absolute Gasteiger partial charge is 0.387 e. The van der Waals surface area contributed by atoms with Gasteiger partial charge in [-0.15, -0.1) is 0 Å². The second-order valence-corrected chi connectivity index (χ2v) is 3.39. The third kappa shape index (κ3) is 3.75. The Bertz CT molecular complexity index is 321. The van der Waals surface area contributed by atoms with Crippen LogP contribution in [-0.2, 0) is 0 Å². The molecule has 0 bridgehead atoms. The molecular weight excluding hydrogens is 216 g/mol. The summed E-state index contributed by atoms with van der Waals surface area (Å²) in [5, 5.41) is 8.67. The van der Waals surface area contributed by atoms with Gasteiger partial charge in [0, 0.05) is 18.2 Å². The molecule has 0 fully saturated rings. The number of alkyl halides is 2. The molecule has 16 heavy (non-hydrogen) atoms. The molecule has 90 valence electrons. The maximum Gasteiger partial charge on any atom is 0.387 e. The summed E-state index contributed by atoms with van der Waals surface area (Å²) in [4.78, 5) is 0. The van der Waals surface area contributed by atoms with Gasteiger partial charge in [0.1, 0.15) is 5.75 Å². The highest BCUT2D eigenvalue weighted by Crippen LogP contribution is 2.27. The molecule has 0 aromatic heterocycles. The van der Waals surface area contributed by atoms with Gasteiger partial charge in [0.25, 0.3) is 0 Å². The van der Waals surface area contributed by atoms with E-state index in [0.717, 1.165) is 0 Å². The van der Waals surface area contributed by atoms with E-state index in [-0.39, 0.29) is 12.4 Å². The Morgan fingerprint density at radius 3 is 2.62 bits per heavy atom. The Morgan fingerprint density at radius 1 is 1.31 bits per heavy atom. The molecule has 5 heteroatoms. The highest BCUT2D eigenvalue weighted by atomic mass is 19.3. The lowest BCUT2D eigenvalue weighted by Gasteiger charge is -2.16. The summed E-state index contributed by atoms with van der Waals surface area (Å²) < 4.78 is 28.6. The van der Waals surface area contributed by atoms with Crippen molar-refractivity contribution in [3.8, 4) is 5.75 Å². The van der Waals surface area contributed by atoms with Gasteiger partial charge < -0.3 is 15.6 Å². The third-order valence-electron chi connectivity index (χ3n) is 2.21. The molecule has 3 nitrogen and oxygen atoms in total. The zero-order valence-electron chi connectivity index (χ0n) is 8.77. The van der Waals surface area contributed by atoms with Gasteiger partial charge >= 0.3 is 6.61 Å². The molecular formula is C11H15F2NO2. The number of nitrogens with two attached hydrogens (primary N) is 1. The first-order valence-corrected chi connectivity index (χ1v) is 5.05. The van der Waals surface area contributed by atoms with E-state index in [4.69, 9.17) is 10.8 Å². The van der Waals surface area contributed by atoms with E-state index in [9.17, 15) is 8.78 Å². The lowest BCUT2D eigenvalue weighted by Crippen LogP contribution is -2.14. The van der Waals surface area contributed by atoms with Crippen LogP contribution in [0.3, 0.4) is 0 Å². The third-order valence-corrected chi connectivity index (χ3v) is 2.21. The average Bonchev–Trinajstić information content (AvgIpc) is 2.26. The van der Waals surface area contributed by atoms with Crippen molar-refractivity contribution in [1.29, 1.82) is 0 Å². The van der Waals surface area contributed by atoms with Crippen molar-refractivity contribution in [2.24, 2.45) is 5.73 Å². The number of hydrogen-bond acceptors (Lipinski definition) is 3. The predicted octanol–water partition coefficient (Wildman–Crippen LogP) is 2.06. The summed E-state index contributed by atoms with van der Waals surface area (Å²) in [6.45, 7) is -2.82. The SMILES string of the molecule is N[C@H](CCCO)c1ccccc1OC(F)F. The highest BCUT2D eigenvalue weighted by Gasteiger charge is 2.14. The monoisotopic (exact) mass is 231 g/mol. The van der Waals surface area contributed by atoms with Crippen molar-refractivity contribution in [2.75, 3.05) is 6.61 Å². The van der Waals surface area contributed by atoms with Gasteiger partial charge in [-0.2, -0.15) is 8.78 Å². The van der Waals surface area contributed by atoms with Crippen LogP contribution >= 0.6 is 0 Å². The molecule has 0 radical (unpaired) electrons. The first kappa shape index (κ1) is 12.9. The standard InChI is InChI=1S/C11H15F2NO2/c12-11(13)16-10-6-2-1-4-8(10)9(14)5-3-7-15/h1-2,4,6,9,11,15H,3,5,7,14H2/t9-/m1/s1. The lowest BCUT2D eigenvalue weighted by molar-refractivity contribution is -0.0506. The normalized spacial score (nSPS) is 12.8. The van der Waals surface area contributed by atoms with Gasteiger partial charge in [-0.1, -0.05) is 18.2 Å². The summed E-state index contributed by atoms with van der Waals surface area (Å²) in [7, 11) is 0. The van der Waals surface area contributed by atoms with Crippen molar-refractivity contribution in [3.05, 3.63) is 29.8 Å². The zero-order valence-corrected chi connectivity index (χ0v) is 8.77. The summed E-state index contributed by atoms with van der Waals surface area (Å²) in [6.07, 6.45) is 1.06. The van der Waals surface area contributed by atoms with Crippen molar-refractivity contribution >= 4 is 0 Å². The van der Waals surface area contributed by atoms with E-state index in [2.05, 4.69) is 4.74 Å². The zero-order chi connectivity index (χ0) is 12.0. The Balaban J connectivity index is 2.76. The molecule has 0 amide bonds. The Morgan fingerprint density at radius 2 is 2.00 bits per heavy atom. The van der Waals surface area contributed by atoms with Crippen molar-refractivity contribution in [1.82, 2.24) is 0 Å². The van der Waals surface area contributed by atoms with Crippen molar-refractivity contribution in [3.63, 3.8) is 0 Å². The van der Waals surface area contributed by atoms with E-state index in [1.807, 2.05) is 0 Å². The predicted molar refractivity (Wildman–Crippen MR) is 56.3 cm³/mol. The molecule has 0 spiro atoms.